The normalized spacial score (nSPS) is 11.0. The molecule has 0 aliphatic heterocycles. The van der Waals surface area contributed by atoms with E-state index in [1.54, 1.807) is 0 Å². The van der Waals surface area contributed by atoms with Gasteiger partial charge in [0, 0.05) is 24.3 Å². The van der Waals surface area contributed by atoms with Gasteiger partial charge >= 0.3 is 0 Å². The van der Waals surface area contributed by atoms with Crippen LogP contribution in [0.1, 0.15) is 62.6 Å². The van der Waals surface area contributed by atoms with E-state index >= 15 is 0 Å². The van der Waals surface area contributed by atoms with E-state index in [0.717, 1.165) is 11.4 Å². The van der Waals surface area contributed by atoms with E-state index < -0.39 is 0 Å². The Balaban J connectivity index is 2.02. The summed E-state index contributed by atoms with van der Waals surface area (Å²) in [4.78, 5) is 12.5. The second-order valence-electron chi connectivity index (χ2n) is 7.22. The predicted molar refractivity (Wildman–Crippen MR) is 108 cm³/mol. The van der Waals surface area contributed by atoms with E-state index in [-0.39, 0.29) is 5.91 Å². The van der Waals surface area contributed by atoms with Gasteiger partial charge in [0.2, 0.25) is 5.91 Å². The Bertz CT molecular complexity index is 693. The molecular weight excluding hydrogens is 308 g/mol. The molecule has 0 heterocycles. The molecule has 25 heavy (non-hydrogen) atoms. The van der Waals surface area contributed by atoms with Gasteiger partial charge < -0.3 is 10.6 Å². The first kappa shape index (κ1) is 19.0. The molecule has 3 nitrogen and oxygen atoms in total. The van der Waals surface area contributed by atoms with Crippen LogP contribution in [-0.2, 0) is 4.79 Å². The van der Waals surface area contributed by atoms with Crippen LogP contribution in [0.25, 0.3) is 0 Å². The van der Waals surface area contributed by atoms with Gasteiger partial charge in [0.05, 0.1) is 0 Å². The summed E-state index contributed by atoms with van der Waals surface area (Å²) in [5.41, 5.74) is 5.66. The van der Waals surface area contributed by atoms with Crippen molar-refractivity contribution in [3.63, 3.8) is 0 Å². The van der Waals surface area contributed by atoms with E-state index in [1.807, 2.05) is 12.1 Å². The van der Waals surface area contributed by atoms with Gasteiger partial charge in [-0.1, -0.05) is 58.0 Å². The fourth-order valence-electron chi connectivity index (χ4n) is 2.97. The first-order valence-corrected chi connectivity index (χ1v) is 9.11. The zero-order valence-electron chi connectivity index (χ0n) is 16.0. The van der Waals surface area contributed by atoms with Crippen molar-refractivity contribution in [3.05, 3.63) is 59.2 Å². The van der Waals surface area contributed by atoms with Crippen LogP contribution in [0, 0.1) is 6.92 Å². The number of hydrogen-bond acceptors (Lipinski definition) is 2. The zero-order valence-corrected chi connectivity index (χ0v) is 16.0. The number of para-hydroxylation sites is 1. The summed E-state index contributed by atoms with van der Waals surface area (Å²) in [5.74, 6) is 0.800. The summed E-state index contributed by atoms with van der Waals surface area (Å²) in [6.45, 7) is 11.3. The topological polar surface area (TPSA) is 41.1 Å². The van der Waals surface area contributed by atoms with Gasteiger partial charge in [-0.2, -0.15) is 0 Å². The lowest BCUT2D eigenvalue weighted by molar-refractivity contribution is -0.115. The summed E-state index contributed by atoms with van der Waals surface area (Å²) in [7, 11) is 0. The van der Waals surface area contributed by atoms with Gasteiger partial charge in [0.15, 0.2) is 0 Å². The molecule has 0 aliphatic rings. The van der Waals surface area contributed by atoms with Crippen molar-refractivity contribution in [2.45, 2.75) is 52.9 Å². The number of rotatable bonds is 7. The molecule has 0 aromatic heterocycles. The average Bonchev–Trinajstić information content (AvgIpc) is 2.54. The summed E-state index contributed by atoms with van der Waals surface area (Å²) in [6.07, 6.45) is 0.442. The zero-order chi connectivity index (χ0) is 18.4. The minimum Gasteiger partial charge on any atom is -0.385 e. The molecule has 0 saturated heterocycles. The molecule has 2 aromatic carbocycles. The largest absolute Gasteiger partial charge is 0.385 e. The number of carbonyl (C=O) groups is 1. The molecule has 0 aliphatic carbocycles. The van der Waals surface area contributed by atoms with Crippen LogP contribution in [0.5, 0.6) is 0 Å². The van der Waals surface area contributed by atoms with Gasteiger partial charge in [0.1, 0.15) is 0 Å². The molecular formula is C22H30N2O. The van der Waals surface area contributed by atoms with E-state index in [4.69, 9.17) is 0 Å². The minimum absolute atomic E-state index is 0.0511. The van der Waals surface area contributed by atoms with Crippen molar-refractivity contribution in [3.8, 4) is 0 Å². The van der Waals surface area contributed by atoms with Crippen LogP contribution in [0.2, 0.25) is 0 Å². The second-order valence-corrected chi connectivity index (χ2v) is 7.22. The maximum atomic E-state index is 12.5. The third-order valence-electron chi connectivity index (χ3n) is 4.34. The number of benzene rings is 2. The Kier molecular flexibility index (Phi) is 6.63. The highest BCUT2D eigenvalue weighted by Crippen LogP contribution is 2.32. The Labute approximate surface area is 151 Å². The number of aryl methyl sites for hydroxylation is 1. The Hall–Kier alpha value is -2.29. The summed E-state index contributed by atoms with van der Waals surface area (Å²) in [5, 5.41) is 6.48. The van der Waals surface area contributed by atoms with E-state index in [9.17, 15) is 4.79 Å². The van der Waals surface area contributed by atoms with Gasteiger partial charge in [0.25, 0.3) is 0 Å². The SMILES string of the molecule is Cc1cccc(NCCC(=O)Nc2c(C(C)C)cccc2C(C)C)c1. The van der Waals surface area contributed by atoms with E-state index in [0.29, 0.717) is 24.8 Å². The molecule has 0 atom stereocenters. The Morgan fingerprint density at radius 3 is 2.12 bits per heavy atom. The molecule has 0 spiro atoms. The van der Waals surface area contributed by atoms with Crippen LogP contribution >= 0.6 is 0 Å². The van der Waals surface area contributed by atoms with Gasteiger partial charge in [-0.3, -0.25) is 4.79 Å². The number of nitrogens with one attached hydrogen (secondary N) is 2. The third kappa shape index (κ3) is 5.35. The molecule has 0 radical (unpaired) electrons. The molecule has 2 rings (SSSR count). The summed E-state index contributed by atoms with van der Waals surface area (Å²) in [6, 6.07) is 14.5. The van der Waals surface area contributed by atoms with Gasteiger partial charge in [-0.15, -0.1) is 0 Å². The molecule has 134 valence electrons. The minimum atomic E-state index is 0.0511. The molecule has 0 fully saturated rings. The fourth-order valence-corrected chi connectivity index (χ4v) is 2.97. The fraction of sp³-hybridized carbons (Fsp3) is 0.409. The third-order valence-corrected chi connectivity index (χ3v) is 4.34. The Morgan fingerprint density at radius 2 is 1.56 bits per heavy atom. The van der Waals surface area contributed by atoms with Crippen LogP contribution in [0.4, 0.5) is 11.4 Å². The molecule has 2 aromatic rings. The van der Waals surface area contributed by atoms with Crippen molar-refractivity contribution < 1.29 is 4.79 Å². The van der Waals surface area contributed by atoms with Gasteiger partial charge in [-0.05, 0) is 47.6 Å². The number of anilines is 2. The van der Waals surface area contributed by atoms with E-state index in [1.165, 1.54) is 16.7 Å². The number of hydrogen-bond donors (Lipinski definition) is 2. The van der Waals surface area contributed by atoms with Crippen molar-refractivity contribution in [1.82, 2.24) is 0 Å². The van der Waals surface area contributed by atoms with Crippen LogP contribution < -0.4 is 10.6 Å². The maximum absolute atomic E-state index is 12.5. The highest BCUT2D eigenvalue weighted by atomic mass is 16.1. The molecule has 1 amide bonds. The summed E-state index contributed by atoms with van der Waals surface area (Å²) >= 11 is 0. The Morgan fingerprint density at radius 1 is 0.960 bits per heavy atom. The lowest BCUT2D eigenvalue weighted by Gasteiger charge is -2.20. The standard InChI is InChI=1S/C22H30N2O/c1-15(2)19-10-7-11-20(16(3)4)22(19)24-21(25)12-13-23-18-9-6-8-17(5)14-18/h6-11,14-16,23H,12-13H2,1-5H3,(H,24,25). The van der Waals surface area contributed by atoms with Crippen molar-refractivity contribution in [2.24, 2.45) is 0 Å². The molecule has 2 N–H and O–H groups in total. The predicted octanol–water partition coefficient (Wildman–Crippen LogP) is 5.68. The monoisotopic (exact) mass is 338 g/mol. The quantitative estimate of drug-likeness (QED) is 0.681. The van der Waals surface area contributed by atoms with Gasteiger partial charge in [-0.25, -0.2) is 0 Å². The first-order chi connectivity index (χ1) is 11.9. The lowest BCUT2D eigenvalue weighted by Crippen LogP contribution is -2.18. The molecule has 0 saturated carbocycles. The highest BCUT2D eigenvalue weighted by Gasteiger charge is 2.15. The highest BCUT2D eigenvalue weighted by molar-refractivity contribution is 5.93. The number of carbonyl (C=O) groups excluding carboxylic acids is 1. The van der Waals surface area contributed by atoms with Crippen molar-refractivity contribution >= 4 is 17.3 Å². The van der Waals surface area contributed by atoms with Crippen molar-refractivity contribution in [1.29, 1.82) is 0 Å². The average molecular weight is 338 g/mol. The lowest BCUT2D eigenvalue weighted by atomic mass is 9.92. The maximum Gasteiger partial charge on any atom is 0.226 e. The van der Waals surface area contributed by atoms with Crippen molar-refractivity contribution in [2.75, 3.05) is 17.2 Å². The van der Waals surface area contributed by atoms with Crippen LogP contribution in [0.3, 0.4) is 0 Å². The van der Waals surface area contributed by atoms with Crippen LogP contribution in [-0.4, -0.2) is 12.5 Å². The first-order valence-electron chi connectivity index (χ1n) is 9.11. The smallest absolute Gasteiger partial charge is 0.226 e. The van der Waals surface area contributed by atoms with E-state index in [2.05, 4.69) is 75.6 Å². The molecule has 3 heteroatoms. The summed E-state index contributed by atoms with van der Waals surface area (Å²) < 4.78 is 0. The van der Waals surface area contributed by atoms with Crippen LogP contribution in [0.15, 0.2) is 42.5 Å². The molecule has 0 unspecified atom stereocenters. The second kappa shape index (κ2) is 8.70. The number of amides is 1. The molecule has 0 bridgehead atoms.